The monoisotopic (exact) mass is 443 g/mol. The Kier molecular flexibility index (Phi) is 5.90. The molecule has 0 spiro atoms. The second-order valence-electron chi connectivity index (χ2n) is 7.65. The van der Waals surface area contributed by atoms with Crippen LogP contribution in [-0.4, -0.2) is 46.1 Å². The highest BCUT2D eigenvalue weighted by atomic mass is 32.1. The fourth-order valence-corrected chi connectivity index (χ4v) is 4.74. The van der Waals surface area contributed by atoms with Crippen molar-refractivity contribution in [3.8, 4) is 5.88 Å². The van der Waals surface area contributed by atoms with Crippen molar-refractivity contribution in [2.45, 2.75) is 39.7 Å². The first-order valence-corrected chi connectivity index (χ1v) is 11.0. The quantitative estimate of drug-likeness (QED) is 0.600. The molecule has 10 heteroatoms. The number of ether oxygens (including phenoxy) is 2. The summed E-state index contributed by atoms with van der Waals surface area (Å²) < 4.78 is 10.8. The van der Waals surface area contributed by atoms with Crippen LogP contribution in [0, 0.1) is 19.8 Å². The van der Waals surface area contributed by atoms with E-state index in [1.54, 1.807) is 26.3 Å². The van der Waals surface area contributed by atoms with E-state index in [4.69, 9.17) is 9.47 Å². The van der Waals surface area contributed by atoms with E-state index in [1.165, 1.54) is 11.3 Å². The number of fused-ring (bicyclic) bond motifs is 1. The largest absolute Gasteiger partial charge is 0.481 e. The fourth-order valence-electron chi connectivity index (χ4n) is 3.70. The van der Waals surface area contributed by atoms with E-state index < -0.39 is 6.10 Å². The molecule has 1 N–H and O–H groups in total. The van der Waals surface area contributed by atoms with Crippen molar-refractivity contribution in [3.05, 3.63) is 38.9 Å². The third-order valence-electron chi connectivity index (χ3n) is 5.67. The number of H-pyrrole nitrogens is 1. The molecule has 1 fully saturated rings. The number of carbonyl (C=O) groups excluding carboxylic acids is 1. The molecule has 9 nitrogen and oxygen atoms in total. The number of methoxy groups -OCH3 is 1. The van der Waals surface area contributed by atoms with Gasteiger partial charge < -0.3 is 19.4 Å². The molecule has 0 amide bonds. The lowest BCUT2D eigenvalue weighted by Gasteiger charge is -2.31. The van der Waals surface area contributed by atoms with Gasteiger partial charge in [0.15, 0.2) is 11.9 Å². The molecule has 3 aromatic heterocycles. The maximum Gasteiger partial charge on any atom is 0.309 e. The smallest absolute Gasteiger partial charge is 0.309 e. The summed E-state index contributed by atoms with van der Waals surface area (Å²) in [5, 5.41) is 0.608. The maximum atomic E-state index is 12.7. The van der Waals surface area contributed by atoms with Crippen molar-refractivity contribution in [3.63, 3.8) is 0 Å². The Morgan fingerprint density at radius 3 is 2.74 bits per heavy atom. The summed E-state index contributed by atoms with van der Waals surface area (Å²) in [5.74, 6) is 0.978. The zero-order chi connectivity index (χ0) is 22.1. The molecule has 0 unspecified atom stereocenters. The number of hydrogen-bond donors (Lipinski definition) is 1. The number of nitrogens with one attached hydrogen (secondary N) is 1. The number of rotatable bonds is 5. The van der Waals surface area contributed by atoms with Crippen LogP contribution in [0.25, 0.3) is 10.2 Å². The molecule has 1 atom stereocenters. The molecule has 4 heterocycles. The van der Waals surface area contributed by atoms with Crippen molar-refractivity contribution in [1.82, 2.24) is 19.9 Å². The molecule has 4 rings (SSSR count). The highest BCUT2D eigenvalue weighted by Crippen LogP contribution is 2.28. The summed E-state index contributed by atoms with van der Waals surface area (Å²) >= 11 is 1.47. The van der Waals surface area contributed by atoms with Crippen LogP contribution in [-0.2, 0) is 9.53 Å². The second kappa shape index (κ2) is 8.62. The Labute approximate surface area is 183 Å². The number of anilines is 1. The number of nitrogens with zero attached hydrogens (tertiary/aromatic N) is 4. The molecule has 3 aromatic rings. The van der Waals surface area contributed by atoms with Gasteiger partial charge in [-0.15, -0.1) is 11.3 Å². The Bertz CT molecular complexity index is 1170. The zero-order valence-corrected chi connectivity index (χ0v) is 18.8. The zero-order valence-electron chi connectivity index (χ0n) is 18.0. The standard InChI is InChI=1S/C21H25N5O4S/c1-11-13(3)31-19-16(11)18(27)24-17(25-19)12(2)30-20(28)14-6-9-26(10-7-14)21-22-8-5-15(23-21)29-4/h5,8,12,14H,6-7,9-10H2,1-4H3,(H,24,25,27)/t12-/m1/s1. The Balaban J connectivity index is 1.40. The third-order valence-corrected chi connectivity index (χ3v) is 6.77. The van der Waals surface area contributed by atoms with Crippen LogP contribution < -0.4 is 15.2 Å². The number of aromatic nitrogens is 4. The molecule has 0 aliphatic carbocycles. The molecular formula is C21H25N5O4S. The van der Waals surface area contributed by atoms with Crippen molar-refractivity contribution in [2.24, 2.45) is 5.92 Å². The van der Waals surface area contributed by atoms with Gasteiger partial charge in [0, 0.05) is 30.2 Å². The van der Waals surface area contributed by atoms with Crippen LogP contribution in [0.5, 0.6) is 5.88 Å². The van der Waals surface area contributed by atoms with E-state index in [0.717, 1.165) is 10.4 Å². The molecule has 0 radical (unpaired) electrons. The number of esters is 1. The van der Waals surface area contributed by atoms with Crippen molar-refractivity contribution >= 4 is 33.5 Å². The lowest BCUT2D eigenvalue weighted by molar-refractivity contribution is -0.154. The summed E-state index contributed by atoms with van der Waals surface area (Å²) in [5.41, 5.74) is 0.744. The van der Waals surface area contributed by atoms with Gasteiger partial charge in [-0.25, -0.2) is 9.97 Å². The maximum absolute atomic E-state index is 12.7. The number of thiophene rings is 1. The topological polar surface area (TPSA) is 110 Å². The summed E-state index contributed by atoms with van der Waals surface area (Å²) in [4.78, 5) is 44.9. The van der Waals surface area contributed by atoms with E-state index in [1.807, 2.05) is 18.7 Å². The molecule has 0 bridgehead atoms. The molecule has 1 aliphatic rings. The van der Waals surface area contributed by atoms with Crippen molar-refractivity contribution in [1.29, 1.82) is 0 Å². The molecule has 164 valence electrons. The van der Waals surface area contributed by atoms with Gasteiger partial charge in [0.2, 0.25) is 11.8 Å². The summed E-state index contributed by atoms with van der Waals surface area (Å²) in [6.07, 6.45) is 2.30. The molecular weight excluding hydrogens is 418 g/mol. The number of piperidine rings is 1. The normalized spacial score (nSPS) is 15.8. The minimum atomic E-state index is -0.632. The molecule has 1 aliphatic heterocycles. The van der Waals surface area contributed by atoms with Gasteiger partial charge in [-0.1, -0.05) is 0 Å². The first kappa shape index (κ1) is 21.2. The molecule has 31 heavy (non-hydrogen) atoms. The fraction of sp³-hybridized carbons (Fsp3) is 0.476. The molecule has 1 saturated heterocycles. The van der Waals surface area contributed by atoms with Crippen molar-refractivity contribution < 1.29 is 14.3 Å². The van der Waals surface area contributed by atoms with E-state index in [9.17, 15) is 9.59 Å². The van der Waals surface area contributed by atoms with Crippen LogP contribution >= 0.6 is 11.3 Å². The minimum Gasteiger partial charge on any atom is -0.481 e. The Morgan fingerprint density at radius 1 is 1.29 bits per heavy atom. The van der Waals surface area contributed by atoms with Crippen LogP contribution in [0.3, 0.4) is 0 Å². The van der Waals surface area contributed by atoms with Crippen LogP contribution in [0.1, 0.15) is 42.1 Å². The number of aromatic amines is 1. The predicted octanol–water partition coefficient (Wildman–Crippen LogP) is 2.92. The first-order valence-electron chi connectivity index (χ1n) is 10.2. The van der Waals surface area contributed by atoms with E-state index in [2.05, 4.69) is 19.9 Å². The molecule has 0 saturated carbocycles. The first-order chi connectivity index (χ1) is 14.9. The van der Waals surface area contributed by atoms with Gasteiger partial charge in [-0.3, -0.25) is 9.59 Å². The van der Waals surface area contributed by atoms with Gasteiger partial charge in [0.05, 0.1) is 18.4 Å². The SMILES string of the molecule is COc1ccnc(N2CCC(C(=O)O[C@H](C)c3nc4sc(C)c(C)c4c(=O)[nH]3)CC2)n1. The van der Waals surface area contributed by atoms with Gasteiger partial charge in [0.25, 0.3) is 5.56 Å². The molecule has 0 aromatic carbocycles. The van der Waals surface area contributed by atoms with E-state index >= 15 is 0 Å². The minimum absolute atomic E-state index is 0.198. The number of carbonyl (C=O) groups is 1. The highest BCUT2D eigenvalue weighted by molar-refractivity contribution is 7.18. The van der Waals surface area contributed by atoms with Gasteiger partial charge in [0.1, 0.15) is 4.83 Å². The highest BCUT2D eigenvalue weighted by Gasteiger charge is 2.29. The number of hydrogen-bond acceptors (Lipinski definition) is 9. The average Bonchev–Trinajstić information content (AvgIpc) is 3.07. The van der Waals surface area contributed by atoms with Crippen LogP contribution in [0.4, 0.5) is 5.95 Å². The van der Waals surface area contributed by atoms with Gasteiger partial charge in [-0.2, -0.15) is 4.98 Å². The van der Waals surface area contributed by atoms with Gasteiger partial charge in [-0.05, 0) is 39.2 Å². The predicted molar refractivity (Wildman–Crippen MR) is 118 cm³/mol. The number of aryl methyl sites for hydroxylation is 2. The average molecular weight is 444 g/mol. The Morgan fingerprint density at radius 2 is 2.03 bits per heavy atom. The second-order valence-corrected chi connectivity index (χ2v) is 8.86. The summed E-state index contributed by atoms with van der Waals surface area (Å²) in [6.45, 7) is 6.91. The van der Waals surface area contributed by atoms with E-state index in [0.29, 0.717) is 53.8 Å². The lowest BCUT2D eigenvalue weighted by atomic mass is 9.97. The third kappa shape index (κ3) is 4.25. The lowest BCUT2D eigenvalue weighted by Crippen LogP contribution is -2.38. The van der Waals surface area contributed by atoms with E-state index in [-0.39, 0.29) is 17.4 Å². The summed E-state index contributed by atoms with van der Waals surface area (Å²) in [7, 11) is 1.57. The van der Waals surface area contributed by atoms with Crippen LogP contribution in [0.15, 0.2) is 17.1 Å². The van der Waals surface area contributed by atoms with Crippen molar-refractivity contribution in [2.75, 3.05) is 25.1 Å². The van der Waals surface area contributed by atoms with Crippen LogP contribution in [0.2, 0.25) is 0 Å². The van der Waals surface area contributed by atoms with Gasteiger partial charge >= 0.3 is 5.97 Å². The summed E-state index contributed by atoms with van der Waals surface area (Å²) in [6, 6.07) is 1.70. The Hall–Kier alpha value is -3.01.